The third-order valence-corrected chi connectivity index (χ3v) is 7.02. The fourth-order valence-corrected chi connectivity index (χ4v) is 4.78. The molecule has 4 rings (SSSR count). The SMILES string of the molecule is COCCOCc1ccc(Nc2ncnc3c(C(=O)Nc4c(Cl)c(C)cc(OC)c4Cl)csc23)nc1. The lowest BCUT2D eigenvalue weighted by atomic mass is 10.2. The number of aromatic nitrogens is 3. The van der Waals surface area contributed by atoms with E-state index in [0.29, 0.717) is 58.0 Å². The van der Waals surface area contributed by atoms with Crippen molar-refractivity contribution in [3.8, 4) is 5.75 Å². The van der Waals surface area contributed by atoms with Crippen LogP contribution in [0.15, 0.2) is 36.1 Å². The van der Waals surface area contributed by atoms with Crippen LogP contribution in [0, 0.1) is 6.92 Å². The van der Waals surface area contributed by atoms with Crippen LogP contribution < -0.4 is 15.4 Å². The monoisotopic (exact) mass is 547 g/mol. The highest BCUT2D eigenvalue weighted by Crippen LogP contribution is 2.41. The highest BCUT2D eigenvalue weighted by Gasteiger charge is 2.21. The quantitative estimate of drug-likeness (QED) is 0.237. The summed E-state index contributed by atoms with van der Waals surface area (Å²) >= 11 is 14.2. The van der Waals surface area contributed by atoms with Gasteiger partial charge in [0.1, 0.15) is 22.9 Å². The van der Waals surface area contributed by atoms with Crippen LogP contribution >= 0.6 is 34.5 Å². The van der Waals surface area contributed by atoms with Crippen LogP contribution in [-0.2, 0) is 16.1 Å². The molecule has 4 aromatic rings. The van der Waals surface area contributed by atoms with Gasteiger partial charge >= 0.3 is 0 Å². The van der Waals surface area contributed by atoms with Gasteiger partial charge in [0.25, 0.3) is 5.91 Å². The number of hydrogen-bond acceptors (Lipinski definition) is 9. The maximum Gasteiger partial charge on any atom is 0.258 e. The fourth-order valence-electron chi connectivity index (χ4n) is 3.32. The lowest BCUT2D eigenvalue weighted by Gasteiger charge is -2.14. The summed E-state index contributed by atoms with van der Waals surface area (Å²) in [6.07, 6.45) is 3.12. The van der Waals surface area contributed by atoms with E-state index in [1.54, 1.807) is 31.7 Å². The van der Waals surface area contributed by atoms with E-state index in [-0.39, 0.29) is 10.7 Å². The number of pyridine rings is 1. The summed E-state index contributed by atoms with van der Waals surface area (Å²) in [6.45, 7) is 3.30. The lowest BCUT2D eigenvalue weighted by molar-refractivity contribution is 0.0615. The fraction of sp³-hybridized carbons (Fsp3) is 0.250. The van der Waals surface area contributed by atoms with Crippen LogP contribution in [0.2, 0.25) is 10.0 Å². The molecule has 0 radical (unpaired) electrons. The number of thiophene rings is 1. The molecule has 12 heteroatoms. The predicted molar refractivity (Wildman–Crippen MR) is 142 cm³/mol. The Labute approximate surface area is 221 Å². The van der Waals surface area contributed by atoms with Crippen molar-refractivity contribution in [2.24, 2.45) is 0 Å². The van der Waals surface area contributed by atoms with Gasteiger partial charge in [-0.3, -0.25) is 4.79 Å². The van der Waals surface area contributed by atoms with Crippen molar-refractivity contribution in [2.45, 2.75) is 13.5 Å². The first-order valence-electron chi connectivity index (χ1n) is 10.8. The number of ether oxygens (including phenoxy) is 3. The number of methoxy groups -OCH3 is 2. The molecular formula is C24H23Cl2N5O4S. The molecule has 0 spiro atoms. The average molecular weight is 548 g/mol. The molecule has 188 valence electrons. The van der Waals surface area contributed by atoms with E-state index in [9.17, 15) is 4.79 Å². The Kier molecular flexibility index (Phi) is 8.55. The number of hydrogen-bond donors (Lipinski definition) is 2. The van der Waals surface area contributed by atoms with Gasteiger partial charge in [0.15, 0.2) is 5.82 Å². The zero-order valence-corrected chi connectivity index (χ0v) is 22.1. The number of carbonyl (C=O) groups is 1. The van der Waals surface area contributed by atoms with Crippen LogP contribution in [0.3, 0.4) is 0 Å². The van der Waals surface area contributed by atoms with Gasteiger partial charge in [0, 0.05) is 18.7 Å². The highest BCUT2D eigenvalue weighted by molar-refractivity contribution is 7.18. The summed E-state index contributed by atoms with van der Waals surface area (Å²) in [5, 5.41) is 8.26. The molecule has 1 aromatic carbocycles. The van der Waals surface area contributed by atoms with Gasteiger partial charge in [-0.25, -0.2) is 15.0 Å². The van der Waals surface area contributed by atoms with Gasteiger partial charge in [-0.05, 0) is 30.2 Å². The van der Waals surface area contributed by atoms with E-state index in [1.165, 1.54) is 24.8 Å². The number of nitrogens with one attached hydrogen (secondary N) is 2. The molecule has 2 N–H and O–H groups in total. The van der Waals surface area contributed by atoms with E-state index >= 15 is 0 Å². The Morgan fingerprint density at radius 3 is 2.67 bits per heavy atom. The van der Waals surface area contributed by atoms with Crippen LogP contribution in [-0.4, -0.2) is 48.3 Å². The molecular weight excluding hydrogens is 525 g/mol. The normalized spacial score (nSPS) is 11.0. The molecule has 0 atom stereocenters. The van der Waals surface area contributed by atoms with Crippen molar-refractivity contribution in [2.75, 3.05) is 38.1 Å². The van der Waals surface area contributed by atoms with Crippen molar-refractivity contribution in [1.82, 2.24) is 15.0 Å². The smallest absolute Gasteiger partial charge is 0.258 e. The summed E-state index contributed by atoms with van der Waals surface area (Å²) in [4.78, 5) is 26.2. The first kappa shape index (κ1) is 26.1. The number of fused-ring (bicyclic) bond motifs is 1. The van der Waals surface area contributed by atoms with E-state index in [0.717, 1.165) is 11.1 Å². The van der Waals surface area contributed by atoms with Crippen LogP contribution in [0.4, 0.5) is 17.3 Å². The molecule has 0 fully saturated rings. The third kappa shape index (κ3) is 5.69. The van der Waals surface area contributed by atoms with E-state index in [2.05, 4.69) is 25.6 Å². The molecule has 0 bridgehead atoms. The second-order valence-corrected chi connectivity index (χ2v) is 9.26. The van der Waals surface area contributed by atoms with Gasteiger partial charge < -0.3 is 24.8 Å². The number of carbonyl (C=O) groups excluding carboxylic acids is 1. The van der Waals surface area contributed by atoms with Gasteiger partial charge in [-0.15, -0.1) is 11.3 Å². The molecule has 36 heavy (non-hydrogen) atoms. The summed E-state index contributed by atoms with van der Waals surface area (Å²) in [5.41, 5.74) is 2.79. The zero-order valence-electron chi connectivity index (χ0n) is 19.7. The van der Waals surface area contributed by atoms with E-state index in [4.69, 9.17) is 37.4 Å². The molecule has 0 aliphatic rings. The summed E-state index contributed by atoms with van der Waals surface area (Å²) in [5.74, 6) is 1.14. The molecule has 0 unspecified atom stereocenters. The summed E-state index contributed by atoms with van der Waals surface area (Å²) in [6, 6.07) is 5.46. The molecule has 0 saturated carbocycles. The first-order chi connectivity index (χ1) is 17.4. The Hall–Kier alpha value is -3.02. The topological polar surface area (TPSA) is 107 Å². The molecule has 1 amide bonds. The number of nitrogens with zero attached hydrogens (tertiary/aromatic N) is 3. The second-order valence-electron chi connectivity index (χ2n) is 7.62. The van der Waals surface area contributed by atoms with Gasteiger partial charge in [0.2, 0.25) is 0 Å². The average Bonchev–Trinajstić information content (AvgIpc) is 3.33. The van der Waals surface area contributed by atoms with Gasteiger partial charge in [-0.1, -0.05) is 29.3 Å². The maximum absolute atomic E-state index is 13.2. The highest BCUT2D eigenvalue weighted by atomic mass is 35.5. The first-order valence-corrected chi connectivity index (χ1v) is 12.4. The Bertz CT molecular complexity index is 1380. The number of rotatable bonds is 10. The molecule has 9 nitrogen and oxygen atoms in total. The number of aryl methyl sites for hydroxylation is 1. The van der Waals surface area contributed by atoms with Crippen molar-refractivity contribution in [3.63, 3.8) is 0 Å². The minimum atomic E-state index is -0.404. The standard InChI is InChI=1S/C24H23Cl2N5O4S/c1-13-8-16(34-3)19(26)21(18(13)25)31-24(32)15-11-36-22-20(15)28-12-29-23(22)30-17-5-4-14(9-27-17)10-35-7-6-33-2/h4-5,8-9,11-12H,6-7,10H2,1-3H3,(H,31,32)(H,27,28,29,30). The molecule has 3 aromatic heterocycles. The van der Waals surface area contributed by atoms with Crippen molar-refractivity contribution in [1.29, 1.82) is 0 Å². The molecule has 3 heterocycles. The molecule has 0 aliphatic heterocycles. The van der Waals surface area contributed by atoms with Gasteiger partial charge in [0.05, 0.1) is 53.4 Å². The number of benzene rings is 1. The Morgan fingerprint density at radius 2 is 1.94 bits per heavy atom. The maximum atomic E-state index is 13.2. The lowest BCUT2D eigenvalue weighted by Crippen LogP contribution is -2.13. The van der Waals surface area contributed by atoms with Crippen molar-refractivity contribution in [3.05, 3.63) is 62.8 Å². The number of anilines is 3. The zero-order chi connectivity index (χ0) is 25.7. The second kappa shape index (κ2) is 11.8. The van der Waals surface area contributed by atoms with E-state index < -0.39 is 5.91 Å². The minimum Gasteiger partial charge on any atom is -0.495 e. The molecule has 0 saturated heterocycles. The Balaban J connectivity index is 1.53. The predicted octanol–water partition coefficient (Wildman–Crippen LogP) is 5.87. The largest absolute Gasteiger partial charge is 0.495 e. The van der Waals surface area contributed by atoms with Crippen LogP contribution in [0.25, 0.3) is 10.2 Å². The van der Waals surface area contributed by atoms with E-state index in [1.807, 2.05) is 12.1 Å². The van der Waals surface area contributed by atoms with Crippen molar-refractivity contribution < 1.29 is 19.0 Å². The Morgan fingerprint density at radius 1 is 1.11 bits per heavy atom. The van der Waals surface area contributed by atoms with Crippen LogP contribution in [0.5, 0.6) is 5.75 Å². The summed E-state index contributed by atoms with van der Waals surface area (Å²) < 4.78 is 16.5. The van der Waals surface area contributed by atoms with Crippen molar-refractivity contribution >= 4 is 68.0 Å². The van der Waals surface area contributed by atoms with Crippen LogP contribution in [0.1, 0.15) is 21.5 Å². The van der Waals surface area contributed by atoms with Gasteiger partial charge in [-0.2, -0.15) is 0 Å². The molecule has 0 aliphatic carbocycles. The minimum absolute atomic E-state index is 0.219. The summed E-state index contributed by atoms with van der Waals surface area (Å²) in [7, 11) is 3.13. The number of halogens is 2. The number of amides is 1. The third-order valence-electron chi connectivity index (χ3n) is 5.18.